The van der Waals surface area contributed by atoms with Crippen LogP contribution >= 0.6 is 0 Å². The number of aromatic carboxylic acids is 1. The van der Waals surface area contributed by atoms with Crippen molar-refractivity contribution in [1.82, 2.24) is 0 Å². The van der Waals surface area contributed by atoms with Gasteiger partial charge in [-0.1, -0.05) is 35.9 Å². The Bertz CT molecular complexity index is 463. The van der Waals surface area contributed by atoms with Crippen molar-refractivity contribution in [2.24, 2.45) is 5.73 Å². The van der Waals surface area contributed by atoms with E-state index in [4.69, 9.17) is 10.8 Å². The molecule has 0 saturated carbocycles. The van der Waals surface area contributed by atoms with Gasteiger partial charge in [0.25, 0.3) is 0 Å². The Morgan fingerprint density at radius 2 is 2.17 bits per heavy atom. The molecule has 0 saturated heterocycles. The average Bonchev–Trinajstić information content (AvgIpc) is 2.36. The first-order valence-electron chi connectivity index (χ1n) is 5.90. The zero-order valence-corrected chi connectivity index (χ0v) is 10.6. The lowest BCUT2D eigenvalue weighted by Crippen LogP contribution is -2.20. The van der Waals surface area contributed by atoms with Crippen molar-refractivity contribution < 1.29 is 9.90 Å². The van der Waals surface area contributed by atoms with E-state index in [0.29, 0.717) is 12.0 Å². The second kappa shape index (κ2) is 6.77. The number of benzene rings is 1. The minimum atomic E-state index is -0.896. The molecule has 0 unspecified atom stereocenters. The maximum Gasteiger partial charge on any atom is 0.335 e. The van der Waals surface area contributed by atoms with E-state index in [0.717, 1.165) is 17.6 Å². The van der Waals surface area contributed by atoms with Gasteiger partial charge in [0.2, 0.25) is 0 Å². The standard InChI is InChI=1S/C15H19NO2/c1-3-6-14(16)11(2)9-10-12-7-4-5-8-13(12)15(17)18/h3-5,7-9,14H,1,6,10,16H2,2H3,(H,17,18)/b11-9+/t14-/m0/s1. The first kappa shape index (κ1) is 14.2. The van der Waals surface area contributed by atoms with Crippen LogP contribution in [0, 0.1) is 0 Å². The highest BCUT2D eigenvalue weighted by Crippen LogP contribution is 2.12. The Balaban J connectivity index is 2.82. The van der Waals surface area contributed by atoms with Crippen molar-refractivity contribution in [2.45, 2.75) is 25.8 Å². The van der Waals surface area contributed by atoms with Gasteiger partial charge in [0.15, 0.2) is 0 Å². The van der Waals surface area contributed by atoms with E-state index < -0.39 is 5.97 Å². The molecule has 3 heteroatoms. The third-order valence-electron chi connectivity index (χ3n) is 2.90. The van der Waals surface area contributed by atoms with Gasteiger partial charge in [0.05, 0.1) is 5.56 Å². The van der Waals surface area contributed by atoms with Crippen LogP contribution in [0.15, 0.2) is 48.6 Å². The fourth-order valence-corrected chi connectivity index (χ4v) is 1.69. The Morgan fingerprint density at radius 1 is 1.50 bits per heavy atom. The maximum atomic E-state index is 11.0. The topological polar surface area (TPSA) is 63.3 Å². The molecule has 0 bridgehead atoms. The summed E-state index contributed by atoms with van der Waals surface area (Å²) in [4.78, 5) is 11.0. The summed E-state index contributed by atoms with van der Waals surface area (Å²) in [5, 5.41) is 9.07. The van der Waals surface area contributed by atoms with Crippen molar-refractivity contribution in [1.29, 1.82) is 0 Å². The van der Waals surface area contributed by atoms with Gasteiger partial charge in [-0.3, -0.25) is 0 Å². The lowest BCUT2D eigenvalue weighted by Gasteiger charge is -2.10. The summed E-state index contributed by atoms with van der Waals surface area (Å²) in [6.45, 7) is 5.61. The van der Waals surface area contributed by atoms with Gasteiger partial charge in [0.1, 0.15) is 0 Å². The third-order valence-corrected chi connectivity index (χ3v) is 2.90. The van der Waals surface area contributed by atoms with Crippen LogP contribution in [0.4, 0.5) is 0 Å². The second-order valence-corrected chi connectivity index (χ2v) is 4.25. The summed E-state index contributed by atoms with van der Waals surface area (Å²) in [5.41, 5.74) is 8.13. The van der Waals surface area contributed by atoms with Gasteiger partial charge in [-0.2, -0.15) is 0 Å². The molecule has 18 heavy (non-hydrogen) atoms. The third kappa shape index (κ3) is 3.86. The van der Waals surface area contributed by atoms with Gasteiger partial charge < -0.3 is 10.8 Å². The number of allylic oxidation sites excluding steroid dienone is 1. The molecule has 0 fully saturated rings. The summed E-state index contributed by atoms with van der Waals surface area (Å²) < 4.78 is 0. The normalized spacial score (nSPS) is 13.1. The number of hydrogen-bond acceptors (Lipinski definition) is 2. The van der Waals surface area contributed by atoms with Gasteiger partial charge in [-0.15, -0.1) is 6.58 Å². The van der Waals surface area contributed by atoms with Gasteiger partial charge >= 0.3 is 5.97 Å². The highest BCUT2D eigenvalue weighted by molar-refractivity contribution is 5.89. The van der Waals surface area contributed by atoms with E-state index in [2.05, 4.69) is 6.58 Å². The first-order chi connectivity index (χ1) is 8.56. The molecule has 0 heterocycles. The Morgan fingerprint density at radius 3 is 2.78 bits per heavy atom. The molecule has 96 valence electrons. The molecule has 1 aromatic rings. The maximum absolute atomic E-state index is 11.0. The molecular weight excluding hydrogens is 226 g/mol. The summed E-state index contributed by atoms with van der Waals surface area (Å²) in [6.07, 6.45) is 5.07. The smallest absolute Gasteiger partial charge is 0.335 e. The predicted octanol–water partition coefficient (Wildman–Crippen LogP) is 2.78. The molecule has 0 spiro atoms. The molecule has 1 rings (SSSR count). The summed E-state index contributed by atoms with van der Waals surface area (Å²) in [5.74, 6) is -0.896. The van der Waals surface area contributed by atoms with E-state index in [1.165, 1.54) is 0 Å². The molecule has 0 aliphatic heterocycles. The van der Waals surface area contributed by atoms with Crippen LogP contribution in [0.5, 0.6) is 0 Å². The van der Waals surface area contributed by atoms with Crippen molar-refractivity contribution in [3.8, 4) is 0 Å². The van der Waals surface area contributed by atoms with E-state index in [9.17, 15) is 4.79 Å². The lowest BCUT2D eigenvalue weighted by atomic mass is 10.0. The summed E-state index contributed by atoms with van der Waals surface area (Å²) in [6, 6.07) is 6.97. The quantitative estimate of drug-likeness (QED) is 0.757. The molecule has 0 amide bonds. The summed E-state index contributed by atoms with van der Waals surface area (Å²) >= 11 is 0. The van der Waals surface area contributed by atoms with Crippen molar-refractivity contribution in [3.05, 3.63) is 59.7 Å². The molecule has 3 nitrogen and oxygen atoms in total. The van der Waals surface area contributed by atoms with Crippen LogP contribution in [0.3, 0.4) is 0 Å². The number of hydrogen-bond donors (Lipinski definition) is 2. The van der Waals surface area contributed by atoms with Crippen LogP contribution in [-0.4, -0.2) is 17.1 Å². The van der Waals surface area contributed by atoms with Gasteiger partial charge in [-0.25, -0.2) is 4.79 Å². The minimum Gasteiger partial charge on any atom is -0.478 e. The number of nitrogens with two attached hydrogens (primary N) is 1. The molecule has 0 aliphatic carbocycles. The average molecular weight is 245 g/mol. The molecule has 3 N–H and O–H groups in total. The zero-order valence-electron chi connectivity index (χ0n) is 10.6. The number of rotatable bonds is 6. The first-order valence-corrected chi connectivity index (χ1v) is 5.90. The molecule has 0 aromatic heterocycles. The van der Waals surface area contributed by atoms with Gasteiger partial charge in [-0.05, 0) is 31.4 Å². The molecule has 0 radical (unpaired) electrons. The second-order valence-electron chi connectivity index (χ2n) is 4.25. The Labute approximate surface area is 108 Å². The predicted molar refractivity (Wildman–Crippen MR) is 73.7 cm³/mol. The van der Waals surface area contributed by atoms with E-state index in [-0.39, 0.29) is 6.04 Å². The fraction of sp³-hybridized carbons (Fsp3) is 0.267. The Kier molecular flexibility index (Phi) is 5.33. The van der Waals surface area contributed by atoms with E-state index >= 15 is 0 Å². The minimum absolute atomic E-state index is 0.0421. The van der Waals surface area contributed by atoms with Crippen molar-refractivity contribution in [2.75, 3.05) is 0 Å². The number of carboxylic acid groups (broad SMARTS) is 1. The van der Waals surface area contributed by atoms with Crippen LogP contribution in [-0.2, 0) is 6.42 Å². The van der Waals surface area contributed by atoms with Crippen LogP contribution in [0.1, 0.15) is 29.3 Å². The van der Waals surface area contributed by atoms with Crippen LogP contribution in [0.2, 0.25) is 0 Å². The van der Waals surface area contributed by atoms with Crippen LogP contribution < -0.4 is 5.73 Å². The number of carbonyl (C=O) groups is 1. The summed E-state index contributed by atoms with van der Waals surface area (Å²) in [7, 11) is 0. The van der Waals surface area contributed by atoms with E-state index in [1.54, 1.807) is 18.2 Å². The van der Waals surface area contributed by atoms with Crippen molar-refractivity contribution in [3.63, 3.8) is 0 Å². The van der Waals surface area contributed by atoms with E-state index in [1.807, 2.05) is 25.1 Å². The zero-order chi connectivity index (χ0) is 13.5. The highest BCUT2D eigenvalue weighted by atomic mass is 16.4. The Hall–Kier alpha value is -1.87. The monoisotopic (exact) mass is 245 g/mol. The van der Waals surface area contributed by atoms with Crippen LogP contribution in [0.25, 0.3) is 0 Å². The highest BCUT2D eigenvalue weighted by Gasteiger charge is 2.08. The lowest BCUT2D eigenvalue weighted by molar-refractivity contribution is 0.0696. The molecule has 1 aromatic carbocycles. The number of carboxylic acids is 1. The largest absolute Gasteiger partial charge is 0.478 e. The molecule has 1 atom stereocenters. The fourth-order valence-electron chi connectivity index (χ4n) is 1.69. The van der Waals surface area contributed by atoms with Gasteiger partial charge in [0, 0.05) is 6.04 Å². The van der Waals surface area contributed by atoms with Crippen molar-refractivity contribution >= 4 is 5.97 Å². The molecular formula is C15H19NO2. The molecule has 0 aliphatic rings. The SMILES string of the molecule is C=CC[C@H](N)/C(C)=C/Cc1ccccc1C(=O)O.